The molecule has 2 N–H and O–H groups in total. The molecule has 1 rings (SSSR count). The maximum Gasteiger partial charge on any atom is 0.207 e. The first-order valence-electron chi connectivity index (χ1n) is 5.93. The van der Waals surface area contributed by atoms with Gasteiger partial charge in [-0.15, -0.1) is 0 Å². The predicted octanol–water partition coefficient (Wildman–Crippen LogP) is 0.196. The predicted molar refractivity (Wildman–Crippen MR) is 61.8 cm³/mol. The fourth-order valence-corrected chi connectivity index (χ4v) is 2.07. The Labute approximate surface area is 92.4 Å². The molecule has 0 radical (unpaired) electrons. The summed E-state index contributed by atoms with van der Waals surface area (Å²) in [4.78, 5) is 12.5. The zero-order valence-electron chi connectivity index (χ0n) is 9.67. The molecule has 0 aliphatic carbocycles. The van der Waals surface area contributed by atoms with Gasteiger partial charge >= 0.3 is 0 Å². The Morgan fingerprint density at radius 3 is 2.67 bits per heavy atom. The Balaban J connectivity index is 1.96. The van der Waals surface area contributed by atoms with Crippen molar-refractivity contribution in [3.8, 4) is 0 Å². The number of amides is 1. The Kier molecular flexibility index (Phi) is 6.36. The van der Waals surface area contributed by atoms with Gasteiger partial charge in [-0.3, -0.25) is 4.79 Å². The second-order valence-corrected chi connectivity index (χ2v) is 4.18. The smallest absolute Gasteiger partial charge is 0.207 e. The zero-order chi connectivity index (χ0) is 10.9. The van der Waals surface area contributed by atoms with Gasteiger partial charge in [-0.25, -0.2) is 0 Å². The first-order chi connectivity index (χ1) is 7.36. The molecule has 88 valence electrons. The second-order valence-electron chi connectivity index (χ2n) is 4.18. The number of nitrogens with zero attached hydrogens (tertiary/aromatic N) is 1. The van der Waals surface area contributed by atoms with E-state index in [9.17, 15) is 4.79 Å². The van der Waals surface area contributed by atoms with Gasteiger partial charge < -0.3 is 15.5 Å². The lowest BCUT2D eigenvalue weighted by molar-refractivity contribution is -0.109. The van der Waals surface area contributed by atoms with Crippen LogP contribution in [0.2, 0.25) is 0 Å². The van der Waals surface area contributed by atoms with Crippen LogP contribution in [0.25, 0.3) is 0 Å². The van der Waals surface area contributed by atoms with Crippen molar-refractivity contribution in [3.63, 3.8) is 0 Å². The van der Waals surface area contributed by atoms with E-state index >= 15 is 0 Å². The monoisotopic (exact) mass is 213 g/mol. The maximum atomic E-state index is 10.0. The molecule has 0 aromatic heterocycles. The summed E-state index contributed by atoms with van der Waals surface area (Å²) in [5.74, 6) is 0. The number of rotatable bonds is 7. The molecule has 0 aromatic carbocycles. The van der Waals surface area contributed by atoms with Crippen LogP contribution in [0.15, 0.2) is 0 Å². The van der Waals surface area contributed by atoms with E-state index in [1.165, 1.54) is 38.9 Å². The van der Waals surface area contributed by atoms with Crippen LogP contribution in [0.5, 0.6) is 0 Å². The lowest BCUT2D eigenvalue weighted by Crippen LogP contribution is -2.41. The minimum absolute atomic E-state index is 0.720. The van der Waals surface area contributed by atoms with Crippen molar-refractivity contribution in [1.82, 2.24) is 15.5 Å². The van der Waals surface area contributed by atoms with Gasteiger partial charge in [0.25, 0.3) is 0 Å². The zero-order valence-corrected chi connectivity index (χ0v) is 9.67. The molecule has 0 unspecified atom stereocenters. The van der Waals surface area contributed by atoms with E-state index in [0.29, 0.717) is 0 Å². The Morgan fingerprint density at radius 2 is 2.07 bits per heavy atom. The molecule has 1 aliphatic rings. The number of hydrogen-bond donors (Lipinski definition) is 2. The number of hydrogen-bond acceptors (Lipinski definition) is 3. The number of carbonyl (C=O) groups is 1. The van der Waals surface area contributed by atoms with Crippen LogP contribution in [0.4, 0.5) is 0 Å². The van der Waals surface area contributed by atoms with Gasteiger partial charge in [0.1, 0.15) is 0 Å². The third kappa shape index (κ3) is 5.14. The number of piperidine rings is 1. The van der Waals surface area contributed by atoms with Gasteiger partial charge in [-0.05, 0) is 52.4 Å². The van der Waals surface area contributed by atoms with Crippen molar-refractivity contribution >= 4 is 6.41 Å². The molecule has 4 heteroatoms. The van der Waals surface area contributed by atoms with Gasteiger partial charge in [0.15, 0.2) is 0 Å². The highest BCUT2D eigenvalue weighted by molar-refractivity contribution is 5.45. The van der Waals surface area contributed by atoms with Crippen molar-refractivity contribution in [2.24, 2.45) is 0 Å². The van der Waals surface area contributed by atoms with E-state index in [1.54, 1.807) is 0 Å². The minimum Gasteiger partial charge on any atom is -0.359 e. The molecule has 0 atom stereocenters. The Bertz CT molecular complexity index is 167. The van der Waals surface area contributed by atoms with E-state index in [-0.39, 0.29) is 0 Å². The molecule has 15 heavy (non-hydrogen) atoms. The topological polar surface area (TPSA) is 44.4 Å². The summed E-state index contributed by atoms with van der Waals surface area (Å²) in [5, 5.41) is 6.03. The molecule has 4 nitrogen and oxygen atoms in total. The summed E-state index contributed by atoms with van der Waals surface area (Å²) in [6.07, 6.45) is 5.58. The summed E-state index contributed by atoms with van der Waals surface area (Å²) in [6, 6.07) is 0.720. The van der Waals surface area contributed by atoms with Crippen LogP contribution in [-0.4, -0.2) is 50.6 Å². The third-order valence-corrected chi connectivity index (χ3v) is 3.12. The first kappa shape index (κ1) is 12.5. The average Bonchev–Trinajstić information content (AvgIpc) is 2.30. The normalized spacial score (nSPS) is 19.0. The van der Waals surface area contributed by atoms with Crippen molar-refractivity contribution in [3.05, 3.63) is 0 Å². The van der Waals surface area contributed by atoms with E-state index in [4.69, 9.17) is 0 Å². The van der Waals surface area contributed by atoms with Crippen LogP contribution in [-0.2, 0) is 4.79 Å². The van der Waals surface area contributed by atoms with Crippen LogP contribution < -0.4 is 10.6 Å². The van der Waals surface area contributed by atoms with E-state index in [2.05, 4.69) is 15.5 Å². The lowest BCUT2D eigenvalue weighted by Gasteiger charge is -2.31. The number of nitrogens with one attached hydrogen (secondary N) is 2. The van der Waals surface area contributed by atoms with Crippen LogP contribution >= 0.6 is 0 Å². The molecule has 0 bridgehead atoms. The molecule has 0 spiro atoms. The fourth-order valence-electron chi connectivity index (χ4n) is 2.07. The maximum absolute atomic E-state index is 10.0. The summed E-state index contributed by atoms with van der Waals surface area (Å²) in [6.45, 7) is 4.42. The highest BCUT2D eigenvalue weighted by atomic mass is 16.1. The number of likely N-dealkylation sites (tertiary alicyclic amines) is 1. The molecule has 1 saturated heterocycles. The summed E-state index contributed by atoms with van der Waals surface area (Å²) >= 11 is 0. The van der Waals surface area contributed by atoms with Crippen molar-refractivity contribution < 1.29 is 4.79 Å². The molecule has 0 aromatic rings. The summed E-state index contributed by atoms with van der Waals surface area (Å²) < 4.78 is 0. The molecule has 1 heterocycles. The van der Waals surface area contributed by atoms with E-state index in [0.717, 1.165) is 25.4 Å². The SMILES string of the molecule is CNC1CCN(CCCCNC=O)CC1. The standard InChI is InChI=1S/C11H23N3O/c1-12-11-4-8-14(9-5-11)7-3-2-6-13-10-15/h10-12H,2-9H2,1H3,(H,13,15). The van der Waals surface area contributed by atoms with Crippen molar-refractivity contribution in [2.45, 2.75) is 31.7 Å². The molecule has 0 saturated carbocycles. The van der Waals surface area contributed by atoms with Gasteiger partial charge in [0.2, 0.25) is 6.41 Å². The molecule has 1 fully saturated rings. The number of unbranched alkanes of at least 4 members (excludes halogenated alkanes) is 1. The largest absolute Gasteiger partial charge is 0.359 e. The number of carbonyl (C=O) groups excluding carboxylic acids is 1. The van der Waals surface area contributed by atoms with E-state index in [1.807, 2.05) is 7.05 Å². The van der Waals surface area contributed by atoms with Crippen molar-refractivity contribution in [2.75, 3.05) is 33.2 Å². The summed E-state index contributed by atoms with van der Waals surface area (Å²) in [7, 11) is 2.05. The third-order valence-electron chi connectivity index (χ3n) is 3.12. The molecule has 1 amide bonds. The quantitative estimate of drug-likeness (QED) is 0.469. The molecule has 1 aliphatic heterocycles. The van der Waals surface area contributed by atoms with Gasteiger partial charge in [-0.1, -0.05) is 0 Å². The fraction of sp³-hybridized carbons (Fsp3) is 0.909. The highest BCUT2D eigenvalue weighted by Crippen LogP contribution is 2.10. The van der Waals surface area contributed by atoms with Crippen LogP contribution in [0, 0.1) is 0 Å². The molecular weight excluding hydrogens is 190 g/mol. The van der Waals surface area contributed by atoms with Gasteiger partial charge in [-0.2, -0.15) is 0 Å². The minimum atomic E-state index is 0.720. The lowest BCUT2D eigenvalue weighted by atomic mass is 10.1. The van der Waals surface area contributed by atoms with Gasteiger partial charge in [0, 0.05) is 12.6 Å². The van der Waals surface area contributed by atoms with Gasteiger partial charge in [0.05, 0.1) is 0 Å². The summed E-state index contributed by atoms with van der Waals surface area (Å²) in [5.41, 5.74) is 0. The average molecular weight is 213 g/mol. The molecular formula is C11H23N3O. The Hall–Kier alpha value is -0.610. The second kappa shape index (κ2) is 7.65. The first-order valence-corrected chi connectivity index (χ1v) is 5.93. The highest BCUT2D eigenvalue weighted by Gasteiger charge is 2.16. The van der Waals surface area contributed by atoms with E-state index < -0.39 is 0 Å². The van der Waals surface area contributed by atoms with Crippen molar-refractivity contribution in [1.29, 1.82) is 0 Å². The van der Waals surface area contributed by atoms with Crippen LogP contribution in [0.3, 0.4) is 0 Å². The van der Waals surface area contributed by atoms with Crippen LogP contribution in [0.1, 0.15) is 25.7 Å². The Morgan fingerprint density at radius 1 is 1.33 bits per heavy atom.